The summed E-state index contributed by atoms with van der Waals surface area (Å²) in [6, 6.07) is 0.454. The summed E-state index contributed by atoms with van der Waals surface area (Å²) in [7, 11) is 0. The van der Waals surface area contributed by atoms with E-state index in [4.69, 9.17) is 4.63 Å². The highest BCUT2D eigenvalue weighted by molar-refractivity contribution is 5.74. The fraction of sp³-hybridized carbons (Fsp3) is 0.733. The zero-order chi connectivity index (χ0) is 15.6. The standard InChI is InChI=1S/C15H22N6O2/c22-9-10-5-7-21(8-6-10)15-14(16-11-3-1-2-4-11)17-12-13(18-15)20-23-19-12/h10-11,22H,1-9H2,(H,16,17,19). The molecule has 0 aromatic carbocycles. The molecule has 0 amide bonds. The predicted octanol–water partition coefficient (Wildman–Crippen LogP) is 1.58. The summed E-state index contributed by atoms with van der Waals surface area (Å²) in [5.41, 5.74) is 0.890. The topological polar surface area (TPSA) is 100 Å². The second-order valence-electron chi connectivity index (χ2n) is 6.55. The Morgan fingerprint density at radius 2 is 1.74 bits per heavy atom. The Balaban J connectivity index is 1.62. The Morgan fingerprint density at radius 3 is 2.43 bits per heavy atom. The summed E-state index contributed by atoms with van der Waals surface area (Å²) >= 11 is 0. The van der Waals surface area contributed by atoms with Crippen LogP contribution in [0.25, 0.3) is 11.3 Å². The molecule has 1 aliphatic carbocycles. The van der Waals surface area contributed by atoms with E-state index in [1.54, 1.807) is 0 Å². The highest BCUT2D eigenvalue weighted by Gasteiger charge is 2.25. The van der Waals surface area contributed by atoms with Gasteiger partial charge in [0.25, 0.3) is 0 Å². The van der Waals surface area contributed by atoms with E-state index in [-0.39, 0.29) is 6.61 Å². The maximum absolute atomic E-state index is 9.32. The molecule has 23 heavy (non-hydrogen) atoms. The van der Waals surface area contributed by atoms with Gasteiger partial charge in [0.2, 0.25) is 11.3 Å². The molecule has 0 unspecified atom stereocenters. The molecule has 8 heteroatoms. The Hall–Kier alpha value is -1.96. The number of aliphatic hydroxyl groups is 1. The van der Waals surface area contributed by atoms with E-state index in [0.29, 0.717) is 23.3 Å². The highest BCUT2D eigenvalue weighted by Crippen LogP contribution is 2.30. The van der Waals surface area contributed by atoms with Crippen molar-refractivity contribution < 1.29 is 9.74 Å². The van der Waals surface area contributed by atoms with Crippen LogP contribution in [0.3, 0.4) is 0 Å². The van der Waals surface area contributed by atoms with Crippen molar-refractivity contribution in [1.29, 1.82) is 0 Å². The Kier molecular flexibility index (Phi) is 3.99. The smallest absolute Gasteiger partial charge is 0.245 e. The van der Waals surface area contributed by atoms with Crippen molar-refractivity contribution >= 4 is 22.9 Å². The molecule has 1 saturated carbocycles. The van der Waals surface area contributed by atoms with Crippen molar-refractivity contribution in [3.63, 3.8) is 0 Å². The minimum atomic E-state index is 0.263. The average molecular weight is 318 g/mol. The second kappa shape index (κ2) is 6.27. The van der Waals surface area contributed by atoms with Crippen molar-refractivity contribution in [2.24, 2.45) is 5.92 Å². The summed E-state index contributed by atoms with van der Waals surface area (Å²) < 4.78 is 4.76. The fourth-order valence-electron chi connectivity index (χ4n) is 3.54. The van der Waals surface area contributed by atoms with Crippen molar-refractivity contribution in [3.8, 4) is 0 Å². The van der Waals surface area contributed by atoms with Crippen LogP contribution in [0.2, 0.25) is 0 Å². The number of hydrogen-bond acceptors (Lipinski definition) is 8. The number of piperidine rings is 1. The molecule has 2 fully saturated rings. The summed E-state index contributed by atoms with van der Waals surface area (Å²) in [6.45, 7) is 2.00. The van der Waals surface area contributed by atoms with Gasteiger partial charge in [-0.3, -0.25) is 0 Å². The number of anilines is 2. The molecule has 2 aromatic rings. The van der Waals surface area contributed by atoms with Gasteiger partial charge >= 0.3 is 0 Å². The number of nitrogens with one attached hydrogen (secondary N) is 1. The highest BCUT2D eigenvalue weighted by atomic mass is 16.6. The van der Waals surface area contributed by atoms with Crippen molar-refractivity contribution in [2.75, 3.05) is 29.9 Å². The van der Waals surface area contributed by atoms with Crippen molar-refractivity contribution in [3.05, 3.63) is 0 Å². The van der Waals surface area contributed by atoms with Crippen LogP contribution in [-0.4, -0.2) is 51.1 Å². The molecule has 2 aromatic heterocycles. The fourth-order valence-corrected chi connectivity index (χ4v) is 3.54. The van der Waals surface area contributed by atoms with Gasteiger partial charge in [-0.2, -0.15) is 0 Å². The van der Waals surface area contributed by atoms with Gasteiger partial charge in [0, 0.05) is 25.7 Å². The van der Waals surface area contributed by atoms with Gasteiger partial charge in [0.15, 0.2) is 11.6 Å². The van der Waals surface area contributed by atoms with Crippen molar-refractivity contribution in [1.82, 2.24) is 20.3 Å². The maximum Gasteiger partial charge on any atom is 0.245 e. The van der Waals surface area contributed by atoms with E-state index >= 15 is 0 Å². The largest absolute Gasteiger partial charge is 0.396 e. The molecule has 0 radical (unpaired) electrons. The Bertz CT molecular complexity index is 661. The van der Waals surface area contributed by atoms with Gasteiger partial charge in [-0.25, -0.2) is 14.6 Å². The van der Waals surface area contributed by atoms with Gasteiger partial charge in [0.1, 0.15) is 0 Å². The van der Waals surface area contributed by atoms with Crippen LogP contribution in [0.1, 0.15) is 38.5 Å². The number of hydrogen-bond donors (Lipinski definition) is 2. The molecule has 3 heterocycles. The van der Waals surface area contributed by atoms with Crippen LogP contribution in [-0.2, 0) is 0 Å². The Labute approximate surface area is 134 Å². The predicted molar refractivity (Wildman–Crippen MR) is 85.3 cm³/mol. The second-order valence-corrected chi connectivity index (χ2v) is 6.55. The molecule has 0 spiro atoms. The normalized spacial score (nSPS) is 20.5. The molecule has 0 bridgehead atoms. The molecular formula is C15H22N6O2. The first-order valence-electron chi connectivity index (χ1n) is 8.46. The molecule has 1 aliphatic heterocycles. The number of aliphatic hydroxyl groups excluding tert-OH is 1. The first-order chi connectivity index (χ1) is 11.3. The summed E-state index contributed by atoms with van der Waals surface area (Å²) in [5.74, 6) is 2.00. The van der Waals surface area contributed by atoms with Crippen LogP contribution in [0.5, 0.6) is 0 Å². The van der Waals surface area contributed by atoms with Gasteiger partial charge in [-0.15, -0.1) is 0 Å². The lowest BCUT2D eigenvalue weighted by molar-refractivity contribution is 0.203. The SMILES string of the molecule is OCC1CCN(c2nc3nonc3nc2NC2CCCC2)CC1. The molecule has 2 N–H and O–H groups in total. The maximum atomic E-state index is 9.32. The molecular weight excluding hydrogens is 296 g/mol. The lowest BCUT2D eigenvalue weighted by Crippen LogP contribution is -2.36. The minimum absolute atomic E-state index is 0.263. The molecule has 0 atom stereocenters. The van der Waals surface area contributed by atoms with Crippen LogP contribution in [0.4, 0.5) is 11.6 Å². The van der Waals surface area contributed by atoms with Crippen LogP contribution < -0.4 is 10.2 Å². The Morgan fingerprint density at radius 1 is 1.04 bits per heavy atom. The molecule has 8 nitrogen and oxygen atoms in total. The third kappa shape index (κ3) is 2.95. The quantitative estimate of drug-likeness (QED) is 0.876. The van der Waals surface area contributed by atoms with Gasteiger partial charge in [0.05, 0.1) is 0 Å². The van der Waals surface area contributed by atoms with Crippen molar-refractivity contribution in [2.45, 2.75) is 44.6 Å². The number of nitrogens with zero attached hydrogens (tertiary/aromatic N) is 5. The zero-order valence-electron chi connectivity index (χ0n) is 13.1. The van der Waals surface area contributed by atoms with Crippen LogP contribution >= 0.6 is 0 Å². The third-order valence-electron chi connectivity index (χ3n) is 4.96. The van der Waals surface area contributed by atoms with Crippen LogP contribution in [0, 0.1) is 5.92 Å². The van der Waals surface area contributed by atoms with Gasteiger partial charge in [-0.05, 0) is 41.9 Å². The zero-order valence-corrected chi connectivity index (χ0v) is 13.1. The molecule has 1 saturated heterocycles. The van der Waals surface area contributed by atoms with E-state index in [2.05, 4.69) is 30.5 Å². The number of fused-ring (bicyclic) bond motifs is 1. The molecule has 4 rings (SSSR count). The lowest BCUT2D eigenvalue weighted by Gasteiger charge is -2.33. The first kappa shape index (κ1) is 14.6. The number of aromatic nitrogens is 4. The monoisotopic (exact) mass is 318 g/mol. The lowest BCUT2D eigenvalue weighted by atomic mass is 9.98. The molecule has 2 aliphatic rings. The van der Waals surface area contributed by atoms with E-state index in [0.717, 1.165) is 37.6 Å². The first-order valence-corrected chi connectivity index (χ1v) is 8.46. The third-order valence-corrected chi connectivity index (χ3v) is 4.96. The summed E-state index contributed by atoms with van der Waals surface area (Å²) in [4.78, 5) is 11.4. The van der Waals surface area contributed by atoms with Gasteiger partial charge < -0.3 is 15.3 Å². The van der Waals surface area contributed by atoms with Crippen LogP contribution in [0.15, 0.2) is 4.63 Å². The van der Waals surface area contributed by atoms with E-state index in [9.17, 15) is 5.11 Å². The van der Waals surface area contributed by atoms with Gasteiger partial charge in [-0.1, -0.05) is 12.8 Å². The molecule has 124 valence electrons. The minimum Gasteiger partial charge on any atom is -0.396 e. The van der Waals surface area contributed by atoms with E-state index < -0.39 is 0 Å². The summed E-state index contributed by atoms with van der Waals surface area (Å²) in [5, 5.41) is 20.5. The van der Waals surface area contributed by atoms with E-state index in [1.807, 2.05) is 0 Å². The summed E-state index contributed by atoms with van der Waals surface area (Å²) in [6.07, 6.45) is 6.80. The van der Waals surface area contributed by atoms with E-state index in [1.165, 1.54) is 25.7 Å². The number of rotatable bonds is 4. The average Bonchev–Trinajstić information content (AvgIpc) is 3.25.